The minimum Gasteiger partial charge on any atom is -0.497 e. The Hall–Kier alpha value is -1.91. The Morgan fingerprint density at radius 2 is 2.18 bits per heavy atom. The lowest BCUT2D eigenvalue weighted by Gasteiger charge is -2.16. The molecule has 0 spiro atoms. The third-order valence-corrected chi connectivity index (χ3v) is 2.19. The predicted molar refractivity (Wildman–Crippen MR) is 68.6 cm³/mol. The number of nitrogens with zero attached hydrogens (tertiary/aromatic N) is 1. The Kier molecular flexibility index (Phi) is 5.13. The van der Waals surface area contributed by atoms with Crippen molar-refractivity contribution in [2.24, 2.45) is 10.7 Å². The Labute approximate surface area is 102 Å². The van der Waals surface area contributed by atoms with Crippen molar-refractivity contribution < 1.29 is 9.47 Å². The van der Waals surface area contributed by atoms with Gasteiger partial charge in [0.25, 0.3) is 0 Å². The molecule has 0 bridgehead atoms. The van der Waals surface area contributed by atoms with E-state index in [2.05, 4.69) is 10.3 Å². The highest BCUT2D eigenvalue weighted by Crippen LogP contribution is 2.19. The molecule has 1 atom stereocenters. The molecule has 0 aromatic heterocycles. The molecule has 0 fully saturated rings. The van der Waals surface area contributed by atoms with E-state index in [1.54, 1.807) is 14.2 Å². The van der Waals surface area contributed by atoms with Crippen molar-refractivity contribution >= 4 is 5.96 Å². The van der Waals surface area contributed by atoms with Gasteiger partial charge in [0.1, 0.15) is 17.6 Å². The summed E-state index contributed by atoms with van der Waals surface area (Å²) in [7, 11) is 3.26. The van der Waals surface area contributed by atoms with Gasteiger partial charge in [0.2, 0.25) is 0 Å². The lowest BCUT2D eigenvalue weighted by molar-refractivity contribution is 0.223. The van der Waals surface area contributed by atoms with Gasteiger partial charge in [-0.05, 0) is 19.1 Å². The first kappa shape index (κ1) is 13.2. The van der Waals surface area contributed by atoms with Crippen molar-refractivity contribution in [3.63, 3.8) is 0 Å². The molecular formula is C12H19N3O2. The zero-order chi connectivity index (χ0) is 12.7. The van der Waals surface area contributed by atoms with Crippen LogP contribution in [0, 0.1) is 0 Å². The van der Waals surface area contributed by atoms with Gasteiger partial charge in [-0.25, -0.2) is 0 Å². The van der Waals surface area contributed by atoms with E-state index in [1.165, 1.54) is 0 Å². The normalized spacial score (nSPS) is 13.0. The van der Waals surface area contributed by atoms with Crippen LogP contribution in [0.15, 0.2) is 29.3 Å². The van der Waals surface area contributed by atoms with Crippen molar-refractivity contribution in [2.75, 3.05) is 20.7 Å². The van der Waals surface area contributed by atoms with Crippen molar-refractivity contribution in [1.82, 2.24) is 5.32 Å². The van der Waals surface area contributed by atoms with E-state index in [0.717, 1.165) is 11.5 Å². The molecule has 0 unspecified atom stereocenters. The Bertz CT molecular complexity index is 380. The third-order valence-electron chi connectivity index (χ3n) is 2.19. The number of aliphatic imine (C=N–C) groups is 1. The topological polar surface area (TPSA) is 68.9 Å². The molecule has 17 heavy (non-hydrogen) atoms. The van der Waals surface area contributed by atoms with E-state index in [1.807, 2.05) is 31.2 Å². The van der Waals surface area contributed by atoms with Gasteiger partial charge in [-0.2, -0.15) is 0 Å². The molecule has 3 N–H and O–H groups in total. The molecule has 1 aromatic rings. The summed E-state index contributed by atoms with van der Waals surface area (Å²) >= 11 is 0. The van der Waals surface area contributed by atoms with Crippen molar-refractivity contribution in [1.29, 1.82) is 0 Å². The molecule has 0 radical (unpaired) electrons. The van der Waals surface area contributed by atoms with Gasteiger partial charge in [-0.1, -0.05) is 6.07 Å². The molecule has 1 aromatic carbocycles. The summed E-state index contributed by atoms with van der Waals surface area (Å²) in [5, 5.41) is 2.95. The number of hydrogen-bond donors (Lipinski definition) is 2. The Morgan fingerprint density at radius 1 is 1.47 bits per heavy atom. The van der Waals surface area contributed by atoms with E-state index in [-0.39, 0.29) is 6.10 Å². The molecular weight excluding hydrogens is 218 g/mol. The van der Waals surface area contributed by atoms with Crippen molar-refractivity contribution in [2.45, 2.75) is 13.0 Å². The molecule has 94 valence electrons. The third kappa shape index (κ3) is 4.63. The van der Waals surface area contributed by atoms with Crippen LogP contribution in [0.2, 0.25) is 0 Å². The lowest BCUT2D eigenvalue weighted by Crippen LogP contribution is -2.38. The maximum atomic E-state index is 5.70. The smallest absolute Gasteiger partial charge is 0.188 e. The minimum absolute atomic E-state index is 0.0117. The van der Waals surface area contributed by atoms with Crippen molar-refractivity contribution in [3.05, 3.63) is 24.3 Å². The van der Waals surface area contributed by atoms with Crippen LogP contribution in [-0.4, -0.2) is 32.8 Å². The maximum absolute atomic E-state index is 5.70. The molecule has 5 nitrogen and oxygen atoms in total. The summed E-state index contributed by atoms with van der Waals surface area (Å²) in [4.78, 5) is 3.80. The molecule has 0 aliphatic carbocycles. The predicted octanol–water partition coefficient (Wildman–Crippen LogP) is 0.997. The SMILES string of the molecule is CN=C(N)NC[C@H](C)Oc1cccc(OC)c1. The van der Waals surface area contributed by atoms with Gasteiger partial charge in [0, 0.05) is 13.1 Å². The molecule has 0 heterocycles. The largest absolute Gasteiger partial charge is 0.497 e. The molecule has 0 amide bonds. The molecule has 1 rings (SSSR count). The Morgan fingerprint density at radius 3 is 2.82 bits per heavy atom. The fraction of sp³-hybridized carbons (Fsp3) is 0.417. The average molecular weight is 237 g/mol. The Balaban J connectivity index is 2.47. The standard InChI is InChI=1S/C12H19N3O2/c1-9(8-15-12(13)14-2)17-11-6-4-5-10(7-11)16-3/h4-7,9H,8H2,1-3H3,(H3,13,14,15)/t9-/m0/s1. The van der Waals surface area contributed by atoms with E-state index in [9.17, 15) is 0 Å². The number of nitrogens with one attached hydrogen (secondary N) is 1. The molecule has 0 aliphatic rings. The van der Waals surface area contributed by atoms with Crippen molar-refractivity contribution in [3.8, 4) is 11.5 Å². The zero-order valence-electron chi connectivity index (χ0n) is 10.4. The van der Waals surface area contributed by atoms with Gasteiger partial charge in [-0.15, -0.1) is 0 Å². The van der Waals surface area contributed by atoms with Crippen LogP contribution in [0.4, 0.5) is 0 Å². The van der Waals surface area contributed by atoms with Crippen LogP contribution >= 0.6 is 0 Å². The van der Waals surface area contributed by atoms with Gasteiger partial charge in [0.15, 0.2) is 5.96 Å². The van der Waals surface area contributed by atoms with Gasteiger partial charge in [0.05, 0.1) is 13.7 Å². The first-order valence-corrected chi connectivity index (χ1v) is 5.42. The number of rotatable bonds is 5. The molecule has 0 saturated heterocycles. The molecule has 0 saturated carbocycles. The first-order valence-electron chi connectivity index (χ1n) is 5.42. The van der Waals surface area contributed by atoms with Crippen LogP contribution in [0.5, 0.6) is 11.5 Å². The highest BCUT2D eigenvalue weighted by atomic mass is 16.5. The number of hydrogen-bond acceptors (Lipinski definition) is 3. The minimum atomic E-state index is -0.0117. The number of benzene rings is 1. The highest BCUT2D eigenvalue weighted by molar-refractivity contribution is 5.77. The van der Waals surface area contributed by atoms with Gasteiger partial charge >= 0.3 is 0 Å². The highest BCUT2D eigenvalue weighted by Gasteiger charge is 2.04. The summed E-state index contributed by atoms with van der Waals surface area (Å²) in [6.45, 7) is 2.55. The van der Waals surface area contributed by atoms with E-state index < -0.39 is 0 Å². The van der Waals surface area contributed by atoms with E-state index in [0.29, 0.717) is 12.5 Å². The van der Waals surface area contributed by atoms with Crippen LogP contribution in [-0.2, 0) is 0 Å². The number of ether oxygens (including phenoxy) is 2. The molecule has 5 heteroatoms. The summed E-state index contributed by atoms with van der Waals surface area (Å²) in [5.41, 5.74) is 5.52. The second kappa shape index (κ2) is 6.62. The van der Waals surface area contributed by atoms with E-state index in [4.69, 9.17) is 15.2 Å². The summed E-state index contributed by atoms with van der Waals surface area (Å²) in [5.74, 6) is 1.95. The summed E-state index contributed by atoms with van der Waals surface area (Å²) in [6, 6.07) is 7.48. The summed E-state index contributed by atoms with van der Waals surface area (Å²) in [6.07, 6.45) is -0.0117. The second-order valence-corrected chi connectivity index (χ2v) is 3.60. The number of guanidine groups is 1. The fourth-order valence-electron chi connectivity index (χ4n) is 1.28. The van der Waals surface area contributed by atoms with E-state index >= 15 is 0 Å². The average Bonchev–Trinajstić information content (AvgIpc) is 2.36. The number of methoxy groups -OCH3 is 1. The second-order valence-electron chi connectivity index (χ2n) is 3.60. The summed E-state index contributed by atoms with van der Waals surface area (Å²) < 4.78 is 10.8. The zero-order valence-corrected chi connectivity index (χ0v) is 10.4. The van der Waals surface area contributed by atoms with Gasteiger partial charge < -0.3 is 20.5 Å². The monoisotopic (exact) mass is 237 g/mol. The van der Waals surface area contributed by atoms with Gasteiger partial charge in [-0.3, -0.25) is 4.99 Å². The van der Waals surface area contributed by atoms with Crippen LogP contribution in [0.3, 0.4) is 0 Å². The fourth-order valence-corrected chi connectivity index (χ4v) is 1.28. The van der Waals surface area contributed by atoms with Crippen LogP contribution in [0.25, 0.3) is 0 Å². The maximum Gasteiger partial charge on any atom is 0.188 e. The molecule has 0 aliphatic heterocycles. The number of nitrogens with two attached hydrogens (primary N) is 1. The van der Waals surface area contributed by atoms with Crippen LogP contribution in [0.1, 0.15) is 6.92 Å². The van der Waals surface area contributed by atoms with Crippen LogP contribution < -0.4 is 20.5 Å². The lowest BCUT2D eigenvalue weighted by atomic mass is 10.3. The quantitative estimate of drug-likeness (QED) is 0.592. The first-order chi connectivity index (χ1) is 8.15.